The van der Waals surface area contributed by atoms with Gasteiger partial charge >= 0.3 is 0 Å². The van der Waals surface area contributed by atoms with Crippen molar-refractivity contribution < 1.29 is 14.0 Å². The van der Waals surface area contributed by atoms with E-state index in [1.54, 1.807) is 17.0 Å². The summed E-state index contributed by atoms with van der Waals surface area (Å²) in [6.07, 6.45) is 2.30. The second-order valence-electron chi connectivity index (χ2n) is 6.72. The van der Waals surface area contributed by atoms with Crippen molar-refractivity contribution in [3.63, 3.8) is 0 Å². The highest BCUT2D eigenvalue weighted by molar-refractivity contribution is 6.31. The predicted octanol–water partition coefficient (Wildman–Crippen LogP) is 3.72. The molecule has 2 aromatic carbocycles. The summed E-state index contributed by atoms with van der Waals surface area (Å²) >= 11 is 6.09. The normalized spacial score (nSPS) is 13.3. The first-order valence-corrected chi connectivity index (χ1v) is 9.45. The topological polar surface area (TPSA) is 49.4 Å². The van der Waals surface area contributed by atoms with E-state index < -0.39 is 5.82 Å². The van der Waals surface area contributed by atoms with E-state index in [1.807, 2.05) is 30.3 Å². The van der Waals surface area contributed by atoms with Crippen LogP contribution in [0.25, 0.3) is 0 Å². The van der Waals surface area contributed by atoms with Crippen LogP contribution < -0.4 is 5.32 Å². The highest BCUT2D eigenvalue weighted by atomic mass is 35.5. The van der Waals surface area contributed by atoms with Crippen LogP contribution in [-0.4, -0.2) is 29.3 Å². The molecule has 0 spiro atoms. The Kier molecular flexibility index (Phi) is 6.45. The summed E-state index contributed by atoms with van der Waals surface area (Å²) in [4.78, 5) is 26.3. The Bertz CT molecular complexity index is 789. The Hall–Kier alpha value is -2.40. The van der Waals surface area contributed by atoms with E-state index in [1.165, 1.54) is 6.07 Å². The van der Waals surface area contributed by atoms with Gasteiger partial charge in [0.2, 0.25) is 11.8 Å². The van der Waals surface area contributed by atoms with Crippen LogP contribution in [0.5, 0.6) is 0 Å². The Morgan fingerprint density at radius 1 is 1.11 bits per heavy atom. The van der Waals surface area contributed by atoms with E-state index >= 15 is 0 Å². The minimum Gasteiger partial charge on any atom is -0.355 e. The third-order valence-electron chi connectivity index (χ3n) is 4.57. The molecular weight excluding hydrogens is 367 g/mol. The van der Waals surface area contributed by atoms with Gasteiger partial charge in [-0.1, -0.05) is 48.0 Å². The molecule has 0 atom stereocenters. The molecule has 1 aliphatic rings. The van der Waals surface area contributed by atoms with Crippen molar-refractivity contribution in [1.82, 2.24) is 10.2 Å². The van der Waals surface area contributed by atoms with E-state index in [4.69, 9.17) is 11.6 Å². The maximum absolute atomic E-state index is 14.0. The number of nitrogens with one attached hydrogen (secondary N) is 1. The summed E-state index contributed by atoms with van der Waals surface area (Å²) in [7, 11) is 0. The lowest BCUT2D eigenvalue weighted by Crippen LogP contribution is -2.36. The first-order chi connectivity index (χ1) is 13.0. The summed E-state index contributed by atoms with van der Waals surface area (Å²) in [6, 6.07) is 14.1. The van der Waals surface area contributed by atoms with E-state index in [0.717, 1.165) is 18.4 Å². The molecule has 1 fully saturated rings. The molecular formula is C21H22ClFN2O2. The molecule has 0 saturated heterocycles. The van der Waals surface area contributed by atoms with Crippen LogP contribution in [-0.2, 0) is 22.6 Å². The Balaban J connectivity index is 1.51. The van der Waals surface area contributed by atoms with Crippen molar-refractivity contribution in [2.75, 3.05) is 6.54 Å². The van der Waals surface area contributed by atoms with Crippen molar-refractivity contribution in [3.8, 4) is 0 Å². The molecule has 0 heterocycles. The van der Waals surface area contributed by atoms with E-state index in [0.29, 0.717) is 10.6 Å². The summed E-state index contributed by atoms with van der Waals surface area (Å²) < 4.78 is 14.0. The highest BCUT2D eigenvalue weighted by Gasteiger charge is 2.33. The first kappa shape index (κ1) is 19.4. The molecule has 0 bridgehead atoms. The maximum atomic E-state index is 14.0. The van der Waals surface area contributed by atoms with Crippen molar-refractivity contribution in [3.05, 3.63) is 70.5 Å². The van der Waals surface area contributed by atoms with Gasteiger partial charge in [-0.15, -0.1) is 0 Å². The smallest absolute Gasteiger partial charge is 0.224 e. The number of carbonyl (C=O) groups is 2. The Morgan fingerprint density at radius 3 is 2.52 bits per heavy atom. The quantitative estimate of drug-likeness (QED) is 0.749. The minimum absolute atomic E-state index is 0.100. The van der Waals surface area contributed by atoms with Crippen molar-refractivity contribution in [2.24, 2.45) is 0 Å². The second-order valence-corrected chi connectivity index (χ2v) is 7.12. The number of hydrogen-bond donors (Lipinski definition) is 1. The van der Waals surface area contributed by atoms with Crippen molar-refractivity contribution >= 4 is 23.4 Å². The van der Waals surface area contributed by atoms with Gasteiger partial charge in [0.15, 0.2) is 0 Å². The number of carbonyl (C=O) groups excluding carboxylic acids is 2. The van der Waals surface area contributed by atoms with Crippen LogP contribution in [0.2, 0.25) is 5.02 Å². The molecule has 3 rings (SSSR count). The fourth-order valence-corrected chi connectivity index (χ4v) is 3.18. The number of benzene rings is 2. The molecule has 2 amide bonds. The zero-order valence-electron chi connectivity index (χ0n) is 15.0. The van der Waals surface area contributed by atoms with Gasteiger partial charge in [0.25, 0.3) is 0 Å². The van der Waals surface area contributed by atoms with Crippen molar-refractivity contribution in [2.45, 2.75) is 38.3 Å². The molecule has 1 N–H and O–H groups in total. The number of rotatable bonds is 8. The van der Waals surface area contributed by atoms with E-state index in [-0.39, 0.29) is 43.8 Å². The summed E-state index contributed by atoms with van der Waals surface area (Å²) in [5.41, 5.74) is 1.27. The lowest BCUT2D eigenvalue weighted by atomic mass is 10.1. The summed E-state index contributed by atoms with van der Waals surface area (Å²) in [5.74, 6) is -0.627. The number of hydrogen-bond acceptors (Lipinski definition) is 2. The predicted molar refractivity (Wildman–Crippen MR) is 103 cm³/mol. The zero-order chi connectivity index (χ0) is 19.2. The molecule has 4 nitrogen and oxygen atoms in total. The molecule has 27 heavy (non-hydrogen) atoms. The molecule has 0 unspecified atom stereocenters. The third kappa shape index (κ3) is 5.54. The van der Waals surface area contributed by atoms with Crippen LogP contribution in [0.1, 0.15) is 30.4 Å². The fourth-order valence-electron chi connectivity index (χ4n) is 2.96. The Morgan fingerprint density at radius 2 is 1.85 bits per heavy atom. The molecule has 0 radical (unpaired) electrons. The Labute approximate surface area is 163 Å². The molecule has 1 saturated carbocycles. The maximum Gasteiger partial charge on any atom is 0.224 e. The lowest BCUT2D eigenvalue weighted by Gasteiger charge is -2.23. The molecule has 2 aromatic rings. The van der Waals surface area contributed by atoms with Gasteiger partial charge in [-0.05, 0) is 30.5 Å². The zero-order valence-corrected chi connectivity index (χ0v) is 15.7. The van der Waals surface area contributed by atoms with Gasteiger partial charge in [0, 0.05) is 29.6 Å². The molecule has 0 aliphatic heterocycles. The highest BCUT2D eigenvalue weighted by Crippen LogP contribution is 2.31. The number of amides is 2. The van der Waals surface area contributed by atoms with E-state index in [2.05, 4.69) is 5.32 Å². The van der Waals surface area contributed by atoms with Gasteiger partial charge in [-0.25, -0.2) is 4.39 Å². The van der Waals surface area contributed by atoms with Crippen LogP contribution in [0.4, 0.5) is 4.39 Å². The monoisotopic (exact) mass is 388 g/mol. The van der Waals surface area contributed by atoms with Crippen molar-refractivity contribution in [1.29, 1.82) is 0 Å². The third-order valence-corrected chi connectivity index (χ3v) is 4.92. The average Bonchev–Trinajstić information content (AvgIpc) is 3.47. The van der Waals surface area contributed by atoms with Crippen LogP contribution in [0.15, 0.2) is 48.5 Å². The van der Waals surface area contributed by atoms with Crippen LogP contribution >= 0.6 is 11.6 Å². The van der Waals surface area contributed by atoms with Gasteiger partial charge in [-0.2, -0.15) is 0 Å². The largest absolute Gasteiger partial charge is 0.355 e. The lowest BCUT2D eigenvalue weighted by molar-refractivity contribution is -0.132. The molecule has 0 aromatic heterocycles. The SMILES string of the molecule is O=C(Cc1ccccc1)NCCC(=O)N(Cc1c(F)cccc1Cl)C1CC1. The first-order valence-electron chi connectivity index (χ1n) is 9.07. The molecule has 6 heteroatoms. The van der Waals surface area contributed by atoms with Gasteiger partial charge < -0.3 is 10.2 Å². The van der Waals surface area contributed by atoms with Gasteiger partial charge in [0.1, 0.15) is 5.82 Å². The number of nitrogens with zero attached hydrogens (tertiary/aromatic N) is 1. The second kappa shape index (κ2) is 9.00. The standard InChI is InChI=1S/C21H22ClFN2O2/c22-18-7-4-8-19(23)17(18)14-25(16-9-10-16)21(27)11-12-24-20(26)13-15-5-2-1-3-6-15/h1-8,16H,9-14H2,(H,24,26). The fraction of sp³-hybridized carbons (Fsp3) is 0.333. The van der Waals surface area contributed by atoms with Gasteiger partial charge in [-0.3, -0.25) is 9.59 Å². The molecule has 1 aliphatic carbocycles. The van der Waals surface area contributed by atoms with Crippen LogP contribution in [0.3, 0.4) is 0 Å². The average molecular weight is 389 g/mol. The minimum atomic E-state index is -0.405. The molecule has 142 valence electrons. The number of halogens is 2. The van der Waals surface area contributed by atoms with Crippen LogP contribution in [0, 0.1) is 5.82 Å². The summed E-state index contributed by atoms with van der Waals surface area (Å²) in [5, 5.41) is 3.10. The van der Waals surface area contributed by atoms with E-state index in [9.17, 15) is 14.0 Å². The summed E-state index contributed by atoms with van der Waals surface area (Å²) in [6.45, 7) is 0.422. The van der Waals surface area contributed by atoms with Gasteiger partial charge in [0.05, 0.1) is 13.0 Å².